The molecule has 0 amide bonds. The van der Waals surface area contributed by atoms with Crippen molar-refractivity contribution in [2.75, 3.05) is 6.61 Å². The van der Waals surface area contributed by atoms with E-state index in [2.05, 4.69) is 10.3 Å². The fourth-order valence-electron chi connectivity index (χ4n) is 1.36. The van der Waals surface area contributed by atoms with Crippen LogP contribution in [0.3, 0.4) is 0 Å². The molecule has 7 heteroatoms. The number of alkyl halides is 1. The summed E-state index contributed by atoms with van der Waals surface area (Å²) in [7, 11) is 0. The number of aliphatic hydroxyl groups excluding tert-OH is 1. The molecule has 0 saturated carbocycles. The second-order valence-electron chi connectivity index (χ2n) is 4.23. The Morgan fingerprint density at radius 1 is 1.56 bits per heavy atom. The van der Waals surface area contributed by atoms with Crippen LogP contribution < -0.4 is 0 Å². The van der Waals surface area contributed by atoms with Gasteiger partial charge in [-0.2, -0.15) is 0 Å². The molecule has 1 atom stereocenters. The van der Waals surface area contributed by atoms with Crippen molar-refractivity contribution in [2.24, 2.45) is 5.92 Å². The van der Waals surface area contributed by atoms with Gasteiger partial charge < -0.3 is 9.84 Å². The van der Waals surface area contributed by atoms with Gasteiger partial charge in [-0.25, -0.2) is 9.48 Å². The van der Waals surface area contributed by atoms with Crippen LogP contribution in [0, 0.1) is 5.92 Å². The summed E-state index contributed by atoms with van der Waals surface area (Å²) in [5, 5.41) is 17.4. The highest BCUT2D eigenvalue weighted by Gasteiger charge is 2.22. The molecule has 1 aromatic heterocycles. The van der Waals surface area contributed by atoms with E-state index in [-0.39, 0.29) is 30.6 Å². The first-order valence-corrected chi connectivity index (χ1v) is 6.38. The Bertz CT molecular complexity index is 406. The molecule has 102 valence electrons. The van der Waals surface area contributed by atoms with E-state index in [1.165, 1.54) is 4.68 Å². The number of halogens is 1. The average Bonchev–Trinajstić information content (AvgIpc) is 2.72. The fourth-order valence-corrected chi connectivity index (χ4v) is 1.62. The van der Waals surface area contributed by atoms with Gasteiger partial charge in [0, 0.05) is 0 Å². The predicted molar refractivity (Wildman–Crippen MR) is 66.4 cm³/mol. The minimum Gasteiger partial charge on any atom is -0.461 e. The molecule has 1 unspecified atom stereocenters. The number of hydrogen-bond acceptors (Lipinski definition) is 5. The highest BCUT2D eigenvalue weighted by atomic mass is 35.5. The number of aromatic nitrogens is 3. The third-order valence-corrected chi connectivity index (χ3v) is 2.82. The zero-order chi connectivity index (χ0) is 13.7. The van der Waals surface area contributed by atoms with Crippen molar-refractivity contribution in [2.45, 2.75) is 39.3 Å². The molecular formula is C11H18ClN3O3. The van der Waals surface area contributed by atoms with Crippen molar-refractivity contribution >= 4 is 17.6 Å². The summed E-state index contributed by atoms with van der Waals surface area (Å²) in [6, 6.07) is 0. The monoisotopic (exact) mass is 275 g/mol. The number of hydrogen-bond donors (Lipinski definition) is 1. The smallest absolute Gasteiger partial charge is 0.360 e. The van der Waals surface area contributed by atoms with Crippen LogP contribution >= 0.6 is 11.6 Å². The Labute approximate surface area is 111 Å². The second kappa shape index (κ2) is 6.70. The van der Waals surface area contributed by atoms with Gasteiger partial charge in [0.1, 0.15) is 0 Å². The van der Waals surface area contributed by atoms with Crippen molar-refractivity contribution in [1.82, 2.24) is 15.0 Å². The number of ether oxygens (including phenoxy) is 1. The lowest BCUT2D eigenvalue weighted by molar-refractivity contribution is 0.0518. The first-order valence-electron chi connectivity index (χ1n) is 5.84. The summed E-state index contributed by atoms with van der Waals surface area (Å²) in [5.74, 6) is -0.367. The summed E-state index contributed by atoms with van der Waals surface area (Å²) in [4.78, 5) is 11.6. The maximum absolute atomic E-state index is 11.6. The quantitative estimate of drug-likeness (QED) is 0.624. The van der Waals surface area contributed by atoms with Crippen molar-refractivity contribution in [3.8, 4) is 0 Å². The summed E-state index contributed by atoms with van der Waals surface area (Å²) in [5.41, 5.74) is 0.581. The first kappa shape index (κ1) is 14.9. The van der Waals surface area contributed by atoms with E-state index in [4.69, 9.17) is 16.3 Å². The molecule has 0 radical (unpaired) electrons. The van der Waals surface area contributed by atoms with Gasteiger partial charge in [-0.3, -0.25) is 0 Å². The average molecular weight is 276 g/mol. The Balaban J connectivity index is 2.91. The Morgan fingerprint density at radius 2 is 2.22 bits per heavy atom. The van der Waals surface area contributed by atoms with Gasteiger partial charge in [-0.05, 0) is 12.8 Å². The lowest BCUT2D eigenvalue weighted by atomic mass is 10.1. The number of aliphatic hydroxyl groups is 1. The molecule has 0 bridgehead atoms. The van der Waals surface area contributed by atoms with Gasteiger partial charge in [0.2, 0.25) is 0 Å². The van der Waals surface area contributed by atoms with Gasteiger partial charge in [0.25, 0.3) is 0 Å². The number of carbonyl (C=O) groups excluding carboxylic acids is 1. The van der Waals surface area contributed by atoms with Gasteiger partial charge in [-0.15, -0.1) is 16.7 Å². The zero-order valence-corrected chi connectivity index (χ0v) is 11.5. The van der Waals surface area contributed by atoms with E-state index in [0.717, 1.165) is 0 Å². The number of esters is 1. The largest absolute Gasteiger partial charge is 0.461 e. The Hall–Kier alpha value is -1.14. The van der Waals surface area contributed by atoms with Crippen LogP contribution in [-0.2, 0) is 17.2 Å². The van der Waals surface area contributed by atoms with Crippen LogP contribution in [-0.4, -0.2) is 38.8 Å². The maximum atomic E-state index is 11.6. The third-order valence-electron chi connectivity index (χ3n) is 2.56. The summed E-state index contributed by atoms with van der Waals surface area (Å²) < 4.78 is 6.31. The topological polar surface area (TPSA) is 77.2 Å². The minimum atomic E-state index is -0.566. The molecule has 1 heterocycles. The van der Waals surface area contributed by atoms with Crippen molar-refractivity contribution in [3.63, 3.8) is 0 Å². The summed E-state index contributed by atoms with van der Waals surface area (Å²) in [6.45, 7) is 6.03. The SMILES string of the molecule is CCOC(=O)c1nnn(CC(O)C(C)C)c1CCl. The van der Waals surface area contributed by atoms with Gasteiger partial charge >= 0.3 is 5.97 Å². The molecular weight excluding hydrogens is 258 g/mol. The first-order chi connectivity index (χ1) is 8.51. The number of carbonyl (C=O) groups is 1. The van der Waals surface area contributed by atoms with E-state index < -0.39 is 12.1 Å². The molecule has 0 aliphatic carbocycles. The van der Waals surface area contributed by atoms with Crippen molar-refractivity contribution in [1.29, 1.82) is 0 Å². The Kier molecular flexibility index (Phi) is 5.55. The predicted octanol–water partition coefficient (Wildman–Crippen LogP) is 1.21. The lowest BCUT2D eigenvalue weighted by Gasteiger charge is -2.15. The highest BCUT2D eigenvalue weighted by Crippen LogP contribution is 2.13. The third kappa shape index (κ3) is 3.43. The van der Waals surface area contributed by atoms with Gasteiger partial charge in [-0.1, -0.05) is 19.1 Å². The molecule has 0 saturated heterocycles. The number of rotatable bonds is 6. The molecule has 1 N–H and O–H groups in total. The molecule has 0 spiro atoms. The summed E-state index contributed by atoms with van der Waals surface area (Å²) in [6.07, 6.45) is -0.566. The molecule has 18 heavy (non-hydrogen) atoms. The van der Waals surface area contributed by atoms with Crippen LogP contribution in [0.5, 0.6) is 0 Å². The normalized spacial score (nSPS) is 12.8. The van der Waals surface area contributed by atoms with E-state index in [9.17, 15) is 9.90 Å². The number of nitrogens with zero attached hydrogens (tertiary/aromatic N) is 3. The van der Waals surface area contributed by atoms with E-state index in [0.29, 0.717) is 5.69 Å². The molecule has 0 fully saturated rings. The van der Waals surface area contributed by atoms with Gasteiger partial charge in [0.05, 0.1) is 30.8 Å². The van der Waals surface area contributed by atoms with Crippen LogP contribution in [0.15, 0.2) is 0 Å². The molecule has 1 aromatic rings. The maximum Gasteiger partial charge on any atom is 0.360 e. The zero-order valence-electron chi connectivity index (χ0n) is 10.8. The Morgan fingerprint density at radius 3 is 2.72 bits per heavy atom. The molecule has 6 nitrogen and oxygen atoms in total. The van der Waals surface area contributed by atoms with E-state index >= 15 is 0 Å². The van der Waals surface area contributed by atoms with E-state index in [1.807, 2.05) is 13.8 Å². The fraction of sp³-hybridized carbons (Fsp3) is 0.727. The van der Waals surface area contributed by atoms with Crippen molar-refractivity contribution < 1.29 is 14.6 Å². The minimum absolute atomic E-state index is 0.0865. The molecule has 1 rings (SSSR count). The highest BCUT2D eigenvalue weighted by molar-refractivity contribution is 6.17. The van der Waals surface area contributed by atoms with Crippen molar-refractivity contribution in [3.05, 3.63) is 11.4 Å². The summed E-state index contributed by atoms with van der Waals surface area (Å²) >= 11 is 5.80. The van der Waals surface area contributed by atoms with Crippen LogP contribution in [0.4, 0.5) is 0 Å². The molecule has 0 aliphatic heterocycles. The second-order valence-corrected chi connectivity index (χ2v) is 4.50. The van der Waals surface area contributed by atoms with E-state index in [1.54, 1.807) is 6.92 Å². The van der Waals surface area contributed by atoms with Crippen LogP contribution in [0.2, 0.25) is 0 Å². The van der Waals surface area contributed by atoms with Crippen LogP contribution in [0.1, 0.15) is 37.0 Å². The molecule has 0 aromatic carbocycles. The standard InChI is InChI=1S/C11H18ClN3O3/c1-4-18-11(17)10-8(5-12)15(14-13-10)6-9(16)7(2)3/h7,9,16H,4-6H2,1-3H3. The molecule has 0 aliphatic rings. The van der Waals surface area contributed by atoms with Crippen LogP contribution in [0.25, 0.3) is 0 Å². The van der Waals surface area contributed by atoms with Gasteiger partial charge in [0.15, 0.2) is 5.69 Å². The lowest BCUT2D eigenvalue weighted by Crippen LogP contribution is -2.23.